The molecule has 0 amide bonds. The van der Waals surface area contributed by atoms with E-state index in [-0.39, 0.29) is 6.42 Å². The SMILES string of the molecule is C/C=C/C#C/C=C/C=C/CCC[C@H](O)CC(=O)O. The van der Waals surface area contributed by atoms with Crippen molar-refractivity contribution in [2.24, 2.45) is 0 Å². The Morgan fingerprint density at radius 2 is 2.00 bits per heavy atom. The van der Waals surface area contributed by atoms with Crippen molar-refractivity contribution in [3.63, 3.8) is 0 Å². The van der Waals surface area contributed by atoms with Crippen LogP contribution in [-0.2, 0) is 4.79 Å². The zero-order valence-electron chi connectivity index (χ0n) is 10.7. The molecule has 0 fully saturated rings. The highest BCUT2D eigenvalue weighted by atomic mass is 16.4. The van der Waals surface area contributed by atoms with E-state index in [1.165, 1.54) is 0 Å². The second-order valence-corrected chi connectivity index (χ2v) is 3.76. The molecule has 98 valence electrons. The molecule has 0 aromatic carbocycles. The molecule has 3 nitrogen and oxygen atoms in total. The standard InChI is InChI=1S/C15H20O3/c1-2-3-4-5-6-7-8-9-10-11-12-14(16)13-15(17)18/h2-3,6-9,14,16H,10-13H2,1H3,(H,17,18)/b3-2+,7-6+,9-8+/t14-/m0/s1. The summed E-state index contributed by atoms with van der Waals surface area (Å²) in [5.41, 5.74) is 0. The number of hydrogen-bond acceptors (Lipinski definition) is 2. The predicted octanol–water partition coefficient (Wildman–Crippen LogP) is 2.68. The smallest absolute Gasteiger partial charge is 0.305 e. The fourth-order valence-corrected chi connectivity index (χ4v) is 1.23. The number of rotatable bonds is 7. The number of hydrogen-bond donors (Lipinski definition) is 2. The van der Waals surface area contributed by atoms with E-state index in [2.05, 4.69) is 11.8 Å². The van der Waals surface area contributed by atoms with Gasteiger partial charge in [0.25, 0.3) is 0 Å². The minimum Gasteiger partial charge on any atom is -0.481 e. The molecular formula is C15H20O3. The molecule has 0 heterocycles. The third kappa shape index (κ3) is 12.3. The summed E-state index contributed by atoms with van der Waals surface area (Å²) in [5, 5.41) is 17.7. The summed E-state index contributed by atoms with van der Waals surface area (Å²) >= 11 is 0. The van der Waals surface area contributed by atoms with Crippen LogP contribution in [0.5, 0.6) is 0 Å². The Kier molecular flexibility index (Phi) is 10.5. The number of carboxylic acid groups (broad SMARTS) is 1. The summed E-state index contributed by atoms with van der Waals surface area (Å²) in [6.07, 6.45) is 12.3. The molecule has 0 aliphatic heterocycles. The lowest BCUT2D eigenvalue weighted by Gasteiger charge is -2.05. The highest BCUT2D eigenvalue weighted by Gasteiger charge is 2.07. The molecule has 0 aromatic rings. The lowest BCUT2D eigenvalue weighted by molar-refractivity contribution is -0.139. The minimum atomic E-state index is -0.958. The van der Waals surface area contributed by atoms with Gasteiger partial charge in [-0.3, -0.25) is 4.79 Å². The molecule has 0 radical (unpaired) electrons. The Bertz CT molecular complexity index is 367. The van der Waals surface area contributed by atoms with Crippen LogP contribution in [0.2, 0.25) is 0 Å². The largest absolute Gasteiger partial charge is 0.481 e. The van der Waals surface area contributed by atoms with Gasteiger partial charge < -0.3 is 10.2 Å². The van der Waals surface area contributed by atoms with Crippen LogP contribution in [0.25, 0.3) is 0 Å². The zero-order valence-corrected chi connectivity index (χ0v) is 10.7. The first-order valence-electron chi connectivity index (χ1n) is 6.00. The average molecular weight is 248 g/mol. The Morgan fingerprint density at radius 1 is 1.28 bits per heavy atom. The highest BCUT2D eigenvalue weighted by molar-refractivity contribution is 5.67. The van der Waals surface area contributed by atoms with Gasteiger partial charge in [0.1, 0.15) is 0 Å². The third-order valence-corrected chi connectivity index (χ3v) is 2.08. The molecule has 0 spiro atoms. The van der Waals surface area contributed by atoms with E-state index in [0.717, 1.165) is 12.8 Å². The molecule has 0 aliphatic carbocycles. The second kappa shape index (κ2) is 11.7. The van der Waals surface area contributed by atoms with E-state index in [9.17, 15) is 9.90 Å². The molecule has 2 N–H and O–H groups in total. The first-order valence-corrected chi connectivity index (χ1v) is 6.00. The second-order valence-electron chi connectivity index (χ2n) is 3.76. The third-order valence-electron chi connectivity index (χ3n) is 2.08. The number of carboxylic acids is 1. The average Bonchev–Trinajstić information content (AvgIpc) is 2.30. The van der Waals surface area contributed by atoms with Crippen molar-refractivity contribution in [1.29, 1.82) is 0 Å². The molecule has 0 aromatic heterocycles. The van der Waals surface area contributed by atoms with Crippen LogP contribution in [0.1, 0.15) is 32.6 Å². The number of unbranched alkanes of at least 4 members (excludes halogenated alkanes) is 1. The Morgan fingerprint density at radius 3 is 2.67 bits per heavy atom. The van der Waals surface area contributed by atoms with Gasteiger partial charge in [0.05, 0.1) is 12.5 Å². The van der Waals surface area contributed by atoms with Gasteiger partial charge in [0, 0.05) is 0 Å². The fraction of sp³-hybridized carbons (Fsp3) is 0.400. The van der Waals surface area contributed by atoms with E-state index in [1.54, 1.807) is 12.2 Å². The van der Waals surface area contributed by atoms with E-state index in [0.29, 0.717) is 6.42 Å². The summed E-state index contributed by atoms with van der Waals surface area (Å²) in [4.78, 5) is 10.3. The van der Waals surface area contributed by atoms with Gasteiger partial charge in [-0.2, -0.15) is 0 Å². The molecule has 0 saturated heterocycles. The van der Waals surface area contributed by atoms with Crippen molar-refractivity contribution in [1.82, 2.24) is 0 Å². The van der Waals surface area contributed by atoms with Gasteiger partial charge in [-0.1, -0.05) is 36.1 Å². The lowest BCUT2D eigenvalue weighted by Crippen LogP contribution is -2.12. The Balaban J connectivity index is 3.61. The predicted molar refractivity (Wildman–Crippen MR) is 73.0 cm³/mol. The van der Waals surface area contributed by atoms with Gasteiger partial charge in [-0.25, -0.2) is 0 Å². The van der Waals surface area contributed by atoms with E-state index < -0.39 is 12.1 Å². The molecule has 3 heteroatoms. The van der Waals surface area contributed by atoms with Crippen molar-refractivity contribution in [2.45, 2.75) is 38.7 Å². The molecular weight excluding hydrogens is 228 g/mol. The van der Waals surface area contributed by atoms with Crippen LogP contribution in [-0.4, -0.2) is 22.3 Å². The van der Waals surface area contributed by atoms with Crippen molar-refractivity contribution in [3.05, 3.63) is 36.5 Å². The van der Waals surface area contributed by atoms with Gasteiger partial charge in [0.15, 0.2) is 0 Å². The summed E-state index contributed by atoms with van der Waals surface area (Å²) in [7, 11) is 0. The minimum absolute atomic E-state index is 0.176. The summed E-state index contributed by atoms with van der Waals surface area (Å²) in [5.74, 6) is 4.72. The molecule has 18 heavy (non-hydrogen) atoms. The number of carbonyl (C=O) groups is 1. The maximum atomic E-state index is 10.3. The summed E-state index contributed by atoms with van der Waals surface area (Å²) in [6.45, 7) is 1.91. The normalized spacial score (nSPS) is 13.0. The van der Waals surface area contributed by atoms with Crippen molar-refractivity contribution >= 4 is 5.97 Å². The first-order chi connectivity index (χ1) is 8.66. The molecule has 0 saturated carbocycles. The maximum Gasteiger partial charge on any atom is 0.305 e. The molecule has 0 bridgehead atoms. The van der Waals surface area contributed by atoms with Crippen LogP contribution in [0, 0.1) is 11.8 Å². The lowest BCUT2D eigenvalue weighted by atomic mass is 10.1. The maximum absolute atomic E-state index is 10.3. The van der Waals surface area contributed by atoms with Crippen LogP contribution in [0.4, 0.5) is 0 Å². The number of aliphatic hydroxyl groups is 1. The molecule has 0 unspecified atom stereocenters. The Labute approximate surface area is 109 Å². The van der Waals surface area contributed by atoms with E-state index >= 15 is 0 Å². The van der Waals surface area contributed by atoms with Gasteiger partial charge in [-0.15, -0.1) is 0 Å². The monoisotopic (exact) mass is 248 g/mol. The number of aliphatic hydroxyl groups excluding tert-OH is 1. The van der Waals surface area contributed by atoms with E-state index in [1.807, 2.05) is 31.2 Å². The van der Waals surface area contributed by atoms with Crippen LogP contribution in [0.15, 0.2) is 36.5 Å². The van der Waals surface area contributed by atoms with Crippen molar-refractivity contribution < 1.29 is 15.0 Å². The quantitative estimate of drug-likeness (QED) is 0.414. The van der Waals surface area contributed by atoms with Crippen molar-refractivity contribution in [3.8, 4) is 11.8 Å². The molecule has 0 rings (SSSR count). The van der Waals surface area contributed by atoms with Gasteiger partial charge in [0.2, 0.25) is 0 Å². The molecule has 1 atom stereocenters. The van der Waals surface area contributed by atoms with Crippen LogP contribution in [0.3, 0.4) is 0 Å². The van der Waals surface area contributed by atoms with Crippen LogP contribution >= 0.6 is 0 Å². The van der Waals surface area contributed by atoms with Gasteiger partial charge in [-0.05, 0) is 38.3 Å². The summed E-state index contributed by atoms with van der Waals surface area (Å²) < 4.78 is 0. The topological polar surface area (TPSA) is 57.5 Å². The summed E-state index contributed by atoms with van der Waals surface area (Å²) in [6, 6.07) is 0. The van der Waals surface area contributed by atoms with Crippen LogP contribution < -0.4 is 0 Å². The fourth-order valence-electron chi connectivity index (χ4n) is 1.23. The van der Waals surface area contributed by atoms with Crippen molar-refractivity contribution in [2.75, 3.05) is 0 Å². The number of allylic oxidation sites excluding steroid dienone is 6. The Hall–Kier alpha value is -1.79. The zero-order chi connectivity index (χ0) is 13.6. The molecule has 0 aliphatic rings. The van der Waals surface area contributed by atoms with Gasteiger partial charge >= 0.3 is 5.97 Å². The number of aliphatic carboxylic acids is 1. The van der Waals surface area contributed by atoms with E-state index in [4.69, 9.17) is 5.11 Å². The highest BCUT2D eigenvalue weighted by Crippen LogP contribution is 2.05. The first kappa shape index (κ1) is 16.2.